The summed E-state index contributed by atoms with van der Waals surface area (Å²) in [5.74, 6) is 0.725. The standard InChI is InChI=1S/C13H13Cl2N3/c1-2-5-17-13-12(16-6-7-18-13)10-8-9(14)3-4-11(10)15/h3-4,6-8H,2,5H2,1H3,(H,17,18). The highest BCUT2D eigenvalue weighted by atomic mass is 35.5. The van der Waals surface area contributed by atoms with Crippen molar-refractivity contribution in [3.8, 4) is 11.3 Å². The van der Waals surface area contributed by atoms with Gasteiger partial charge in [0.15, 0.2) is 5.82 Å². The van der Waals surface area contributed by atoms with Gasteiger partial charge in [-0.1, -0.05) is 30.1 Å². The third-order valence-corrected chi connectivity index (χ3v) is 2.99. The third-order valence-electron chi connectivity index (χ3n) is 2.42. The molecule has 18 heavy (non-hydrogen) atoms. The van der Waals surface area contributed by atoms with Crippen LogP contribution in [-0.4, -0.2) is 16.5 Å². The van der Waals surface area contributed by atoms with Crippen molar-refractivity contribution in [3.05, 3.63) is 40.6 Å². The molecule has 5 heteroatoms. The summed E-state index contributed by atoms with van der Waals surface area (Å²) < 4.78 is 0. The van der Waals surface area contributed by atoms with Gasteiger partial charge in [0, 0.05) is 29.5 Å². The van der Waals surface area contributed by atoms with Crippen LogP contribution in [0.3, 0.4) is 0 Å². The first-order valence-corrected chi connectivity index (χ1v) is 6.48. The van der Waals surface area contributed by atoms with Crippen LogP contribution in [0.2, 0.25) is 10.0 Å². The van der Waals surface area contributed by atoms with E-state index in [1.54, 1.807) is 30.6 Å². The molecule has 0 saturated carbocycles. The highest BCUT2D eigenvalue weighted by molar-refractivity contribution is 6.35. The maximum atomic E-state index is 6.18. The van der Waals surface area contributed by atoms with Crippen LogP contribution in [0.5, 0.6) is 0 Å². The largest absolute Gasteiger partial charge is 0.368 e. The molecule has 1 heterocycles. The molecule has 0 radical (unpaired) electrons. The molecule has 0 atom stereocenters. The Morgan fingerprint density at radius 3 is 2.72 bits per heavy atom. The second kappa shape index (κ2) is 6.03. The smallest absolute Gasteiger partial charge is 0.152 e. The average molecular weight is 282 g/mol. The lowest BCUT2D eigenvalue weighted by Gasteiger charge is -2.10. The summed E-state index contributed by atoms with van der Waals surface area (Å²) in [5.41, 5.74) is 1.51. The van der Waals surface area contributed by atoms with Gasteiger partial charge in [0.05, 0.1) is 5.02 Å². The second-order valence-electron chi connectivity index (χ2n) is 3.80. The molecule has 0 aliphatic rings. The molecule has 0 aliphatic heterocycles. The van der Waals surface area contributed by atoms with E-state index in [0.717, 1.165) is 30.0 Å². The van der Waals surface area contributed by atoms with Gasteiger partial charge < -0.3 is 5.32 Å². The Morgan fingerprint density at radius 2 is 1.94 bits per heavy atom. The van der Waals surface area contributed by atoms with Crippen molar-refractivity contribution in [3.63, 3.8) is 0 Å². The summed E-state index contributed by atoms with van der Waals surface area (Å²) in [6.07, 6.45) is 4.31. The van der Waals surface area contributed by atoms with E-state index in [1.165, 1.54) is 0 Å². The number of benzene rings is 1. The molecule has 2 aromatic rings. The van der Waals surface area contributed by atoms with Crippen LogP contribution in [0.4, 0.5) is 5.82 Å². The Morgan fingerprint density at radius 1 is 1.17 bits per heavy atom. The van der Waals surface area contributed by atoms with Crippen LogP contribution in [0.15, 0.2) is 30.6 Å². The normalized spacial score (nSPS) is 10.4. The molecular weight excluding hydrogens is 269 g/mol. The topological polar surface area (TPSA) is 37.8 Å². The van der Waals surface area contributed by atoms with E-state index in [9.17, 15) is 0 Å². The number of hydrogen-bond donors (Lipinski definition) is 1. The van der Waals surface area contributed by atoms with Crippen molar-refractivity contribution in [1.82, 2.24) is 9.97 Å². The first-order valence-electron chi connectivity index (χ1n) is 5.72. The van der Waals surface area contributed by atoms with Crippen LogP contribution in [0, 0.1) is 0 Å². The summed E-state index contributed by atoms with van der Waals surface area (Å²) in [5, 5.41) is 4.47. The summed E-state index contributed by atoms with van der Waals surface area (Å²) in [4.78, 5) is 8.62. The predicted molar refractivity (Wildman–Crippen MR) is 76.3 cm³/mol. The lowest BCUT2D eigenvalue weighted by atomic mass is 10.1. The number of nitrogens with zero attached hydrogens (tertiary/aromatic N) is 2. The molecule has 1 aromatic heterocycles. The van der Waals surface area contributed by atoms with Crippen LogP contribution in [0.1, 0.15) is 13.3 Å². The van der Waals surface area contributed by atoms with Gasteiger partial charge >= 0.3 is 0 Å². The maximum absolute atomic E-state index is 6.18. The van der Waals surface area contributed by atoms with E-state index < -0.39 is 0 Å². The van der Waals surface area contributed by atoms with Crippen molar-refractivity contribution in [2.45, 2.75) is 13.3 Å². The number of anilines is 1. The van der Waals surface area contributed by atoms with Gasteiger partial charge in [-0.3, -0.25) is 4.98 Å². The zero-order valence-corrected chi connectivity index (χ0v) is 11.5. The molecule has 0 bridgehead atoms. The molecule has 0 unspecified atom stereocenters. The average Bonchev–Trinajstić information content (AvgIpc) is 2.39. The highest BCUT2D eigenvalue weighted by Gasteiger charge is 2.11. The van der Waals surface area contributed by atoms with Crippen molar-refractivity contribution in [2.75, 3.05) is 11.9 Å². The molecule has 0 aliphatic carbocycles. The Labute approximate surface area is 116 Å². The molecule has 2 rings (SSSR count). The lowest BCUT2D eigenvalue weighted by molar-refractivity contribution is 0.966. The first kappa shape index (κ1) is 13.1. The molecule has 1 aromatic carbocycles. The zero-order valence-electron chi connectivity index (χ0n) is 9.95. The summed E-state index contributed by atoms with van der Waals surface area (Å²) in [7, 11) is 0. The molecule has 94 valence electrons. The summed E-state index contributed by atoms with van der Waals surface area (Å²) >= 11 is 12.2. The fourth-order valence-electron chi connectivity index (χ4n) is 1.59. The van der Waals surface area contributed by atoms with E-state index in [-0.39, 0.29) is 0 Å². The second-order valence-corrected chi connectivity index (χ2v) is 4.65. The van der Waals surface area contributed by atoms with Crippen LogP contribution < -0.4 is 5.32 Å². The zero-order chi connectivity index (χ0) is 13.0. The number of nitrogens with one attached hydrogen (secondary N) is 1. The van der Waals surface area contributed by atoms with E-state index >= 15 is 0 Å². The Bertz CT molecular complexity index is 544. The molecule has 1 N–H and O–H groups in total. The molecular formula is C13H13Cl2N3. The van der Waals surface area contributed by atoms with Crippen molar-refractivity contribution in [1.29, 1.82) is 0 Å². The van der Waals surface area contributed by atoms with Gasteiger partial charge in [-0.15, -0.1) is 0 Å². The highest BCUT2D eigenvalue weighted by Crippen LogP contribution is 2.32. The van der Waals surface area contributed by atoms with Crippen molar-refractivity contribution < 1.29 is 0 Å². The van der Waals surface area contributed by atoms with Crippen LogP contribution in [0.25, 0.3) is 11.3 Å². The fraction of sp³-hybridized carbons (Fsp3) is 0.231. The third kappa shape index (κ3) is 2.92. The SMILES string of the molecule is CCCNc1nccnc1-c1cc(Cl)ccc1Cl. The summed E-state index contributed by atoms with van der Waals surface area (Å²) in [6, 6.07) is 5.31. The molecule has 0 spiro atoms. The minimum Gasteiger partial charge on any atom is -0.368 e. The van der Waals surface area contributed by atoms with E-state index in [4.69, 9.17) is 23.2 Å². The molecule has 3 nitrogen and oxygen atoms in total. The van der Waals surface area contributed by atoms with Crippen molar-refractivity contribution in [2.24, 2.45) is 0 Å². The maximum Gasteiger partial charge on any atom is 0.152 e. The van der Waals surface area contributed by atoms with Gasteiger partial charge in [0.25, 0.3) is 0 Å². The minimum atomic E-state index is 0.611. The number of hydrogen-bond acceptors (Lipinski definition) is 3. The minimum absolute atomic E-state index is 0.611. The van der Waals surface area contributed by atoms with Gasteiger partial charge in [0.1, 0.15) is 5.69 Å². The van der Waals surface area contributed by atoms with Gasteiger partial charge in [0.2, 0.25) is 0 Å². The van der Waals surface area contributed by atoms with Crippen LogP contribution >= 0.6 is 23.2 Å². The monoisotopic (exact) mass is 281 g/mol. The fourth-order valence-corrected chi connectivity index (χ4v) is 1.97. The lowest BCUT2D eigenvalue weighted by Crippen LogP contribution is -2.04. The molecule has 0 fully saturated rings. The molecule has 0 saturated heterocycles. The van der Waals surface area contributed by atoms with E-state index in [1.807, 2.05) is 0 Å². The Hall–Kier alpha value is -1.32. The predicted octanol–water partition coefficient (Wildman–Crippen LogP) is 4.27. The molecule has 0 amide bonds. The Kier molecular flexibility index (Phi) is 4.39. The van der Waals surface area contributed by atoms with Gasteiger partial charge in [-0.2, -0.15) is 0 Å². The number of aromatic nitrogens is 2. The van der Waals surface area contributed by atoms with Gasteiger partial charge in [-0.25, -0.2) is 4.98 Å². The quantitative estimate of drug-likeness (QED) is 0.909. The first-order chi connectivity index (χ1) is 8.72. The summed E-state index contributed by atoms with van der Waals surface area (Å²) in [6.45, 7) is 2.93. The number of rotatable bonds is 4. The van der Waals surface area contributed by atoms with E-state index in [2.05, 4.69) is 22.2 Å². The van der Waals surface area contributed by atoms with Crippen molar-refractivity contribution >= 4 is 29.0 Å². The van der Waals surface area contributed by atoms with Gasteiger partial charge in [-0.05, 0) is 24.6 Å². The van der Waals surface area contributed by atoms with E-state index in [0.29, 0.717) is 10.0 Å². The van der Waals surface area contributed by atoms with Crippen LogP contribution in [-0.2, 0) is 0 Å². The Balaban J connectivity index is 2.46. The number of halogens is 2.